The second kappa shape index (κ2) is 8.47. The van der Waals surface area contributed by atoms with Gasteiger partial charge >= 0.3 is 0 Å². The van der Waals surface area contributed by atoms with Gasteiger partial charge in [0.25, 0.3) is 0 Å². The number of carbonyl (C=O) groups excluding carboxylic acids is 1. The minimum Gasteiger partial charge on any atom is -0.366 e. The fourth-order valence-electron chi connectivity index (χ4n) is 4.33. The summed E-state index contributed by atoms with van der Waals surface area (Å²) in [5.41, 5.74) is 1.14. The molecule has 0 amide bonds. The van der Waals surface area contributed by atoms with Crippen molar-refractivity contribution in [3.63, 3.8) is 0 Å². The summed E-state index contributed by atoms with van der Waals surface area (Å²) in [6.07, 6.45) is 8.45. The number of aromatic nitrogens is 2. The molecule has 0 atom stereocenters. The van der Waals surface area contributed by atoms with E-state index in [2.05, 4.69) is 33.6 Å². The number of piperazine rings is 1. The summed E-state index contributed by atoms with van der Waals surface area (Å²) < 4.78 is 0. The molecule has 2 heterocycles. The highest BCUT2D eigenvalue weighted by Gasteiger charge is 2.31. The van der Waals surface area contributed by atoms with Crippen molar-refractivity contribution < 1.29 is 4.79 Å². The molecular formula is C21H34N4O. The second-order valence-corrected chi connectivity index (χ2v) is 8.54. The molecule has 1 saturated heterocycles. The first kappa shape index (κ1) is 19.3. The van der Waals surface area contributed by atoms with Crippen molar-refractivity contribution in [3.8, 4) is 0 Å². The fraction of sp³-hybridized carbons (Fsp3) is 0.762. The zero-order valence-electron chi connectivity index (χ0n) is 16.8. The molecule has 2 fully saturated rings. The monoisotopic (exact) mass is 358 g/mol. The van der Waals surface area contributed by atoms with Gasteiger partial charge in [-0.3, -0.25) is 9.69 Å². The van der Waals surface area contributed by atoms with Crippen LogP contribution >= 0.6 is 0 Å². The molecule has 26 heavy (non-hydrogen) atoms. The summed E-state index contributed by atoms with van der Waals surface area (Å²) in [6, 6.07) is 0.660. The molecule has 0 bridgehead atoms. The summed E-state index contributed by atoms with van der Waals surface area (Å²) >= 11 is 0. The van der Waals surface area contributed by atoms with Crippen LogP contribution in [0.1, 0.15) is 65.1 Å². The zero-order chi connectivity index (χ0) is 18.7. The molecule has 144 valence electrons. The Morgan fingerprint density at radius 3 is 2.04 bits per heavy atom. The van der Waals surface area contributed by atoms with Gasteiger partial charge in [-0.15, -0.1) is 0 Å². The van der Waals surface area contributed by atoms with Gasteiger partial charge in [-0.25, -0.2) is 9.97 Å². The Bertz CT molecular complexity index is 583. The first-order valence-electron chi connectivity index (χ1n) is 10.3. The lowest BCUT2D eigenvalue weighted by atomic mass is 9.80. The molecule has 3 rings (SSSR count). The Balaban J connectivity index is 1.48. The standard InChI is InChI=1S/C21H34N4O/c1-15(2)20(26)17-5-7-18(8-6-17)24-9-11-25(12-10-24)19-13-22-21(16(3)4)23-14-19/h13-18H,5-12H2,1-4H3/t17-,18-. The zero-order valence-corrected chi connectivity index (χ0v) is 16.8. The van der Waals surface area contributed by atoms with Crippen molar-refractivity contribution in [1.29, 1.82) is 0 Å². The predicted octanol–water partition coefficient (Wildman–Crippen LogP) is 3.51. The minimum absolute atomic E-state index is 0.185. The number of hydrogen-bond acceptors (Lipinski definition) is 5. The molecule has 1 aromatic rings. The fourth-order valence-corrected chi connectivity index (χ4v) is 4.33. The molecule has 5 nitrogen and oxygen atoms in total. The van der Waals surface area contributed by atoms with E-state index in [1.165, 1.54) is 12.8 Å². The second-order valence-electron chi connectivity index (χ2n) is 8.54. The average Bonchev–Trinajstić information content (AvgIpc) is 2.67. The molecule has 1 aromatic heterocycles. The molecule has 0 N–H and O–H groups in total. The highest BCUT2D eigenvalue weighted by atomic mass is 16.1. The van der Waals surface area contributed by atoms with E-state index >= 15 is 0 Å². The van der Waals surface area contributed by atoms with Gasteiger partial charge in [-0.2, -0.15) is 0 Å². The normalized spacial score (nSPS) is 25.1. The average molecular weight is 359 g/mol. The number of rotatable bonds is 5. The van der Waals surface area contributed by atoms with Crippen LogP contribution in [0.4, 0.5) is 5.69 Å². The van der Waals surface area contributed by atoms with E-state index in [1.54, 1.807) is 0 Å². The third-order valence-electron chi connectivity index (χ3n) is 6.04. The number of ketones is 1. The van der Waals surface area contributed by atoms with Crippen LogP contribution in [0.3, 0.4) is 0 Å². The third-order valence-corrected chi connectivity index (χ3v) is 6.04. The number of hydrogen-bond donors (Lipinski definition) is 0. The molecule has 0 aromatic carbocycles. The molecular weight excluding hydrogens is 324 g/mol. The summed E-state index contributed by atoms with van der Waals surface area (Å²) in [6.45, 7) is 12.6. The van der Waals surface area contributed by atoms with Crippen LogP contribution < -0.4 is 4.90 Å². The highest BCUT2D eigenvalue weighted by Crippen LogP contribution is 2.30. The molecule has 1 aliphatic carbocycles. The molecule has 0 unspecified atom stereocenters. The first-order valence-corrected chi connectivity index (χ1v) is 10.3. The first-order chi connectivity index (χ1) is 12.5. The minimum atomic E-state index is 0.185. The summed E-state index contributed by atoms with van der Waals surface area (Å²) in [5, 5.41) is 0. The van der Waals surface area contributed by atoms with Gasteiger partial charge in [0.1, 0.15) is 11.6 Å². The van der Waals surface area contributed by atoms with Crippen LogP contribution in [0.15, 0.2) is 12.4 Å². The SMILES string of the molecule is CC(C)c1ncc(N2CCN([C@H]3CC[C@H](C(=O)C(C)C)CC3)CC2)cn1. The molecule has 5 heteroatoms. The van der Waals surface area contributed by atoms with Gasteiger partial charge in [0, 0.05) is 50.0 Å². The van der Waals surface area contributed by atoms with E-state index in [1.807, 2.05) is 26.2 Å². The van der Waals surface area contributed by atoms with Crippen LogP contribution in [0.25, 0.3) is 0 Å². The van der Waals surface area contributed by atoms with Gasteiger partial charge in [-0.1, -0.05) is 27.7 Å². The Labute approximate surface area is 158 Å². The van der Waals surface area contributed by atoms with Crippen LogP contribution in [0.2, 0.25) is 0 Å². The van der Waals surface area contributed by atoms with Crippen LogP contribution in [-0.2, 0) is 4.79 Å². The van der Waals surface area contributed by atoms with Gasteiger partial charge < -0.3 is 4.90 Å². The lowest BCUT2D eigenvalue weighted by Crippen LogP contribution is -2.51. The maximum Gasteiger partial charge on any atom is 0.138 e. The molecule has 1 aliphatic heterocycles. The van der Waals surface area contributed by atoms with Gasteiger partial charge in [0.05, 0.1) is 18.1 Å². The summed E-state index contributed by atoms with van der Waals surface area (Å²) in [7, 11) is 0. The van der Waals surface area contributed by atoms with Crippen molar-refractivity contribution in [2.75, 3.05) is 31.1 Å². The van der Waals surface area contributed by atoms with Gasteiger partial charge in [0.2, 0.25) is 0 Å². The highest BCUT2D eigenvalue weighted by molar-refractivity contribution is 5.82. The van der Waals surface area contributed by atoms with Crippen molar-refractivity contribution in [1.82, 2.24) is 14.9 Å². The van der Waals surface area contributed by atoms with E-state index < -0.39 is 0 Å². The van der Waals surface area contributed by atoms with Crippen molar-refractivity contribution in [2.24, 2.45) is 11.8 Å². The Morgan fingerprint density at radius 1 is 0.962 bits per heavy atom. The molecule has 1 saturated carbocycles. The molecule has 0 radical (unpaired) electrons. The number of Topliss-reactive ketones (excluding diaryl/α,β-unsaturated/α-hetero) is 1. The maximum atomic E-state index is 12.2. The lowest BCUT2D eigenvalue weighted by Gasteiger charge is -2.42. The Morgan fingerprint density at radius 2 is 1.54 bits per heavy atom. The van der Waals surface area contributed by atoms with E-state index in [-0.39, 0.29) is 5.92 Å². The van der Waals surface area contributed by atoms with Crippen LogP contribution in [-0.4, -0.2) is 52.9 Å². The Kier molecular flexibility index (Phi) is 6.28. The third kappa shape index (κ3) is 4.43. The van der Waals surface area contributed by atoms with Crippen molar-refractivity contribution in [2.45, 2.75) is 65.3 Å². The van der Waals surface area contributed by atoms with Crippen molar-refractivity contribution >= 4 is 11.5 Å². The largest absolute Gasteiger partial charge is 0.366 e. The van der Waals surface area contributed by atoms with E-state index in [0.29, 0.717) is 23.7 Å². The quantitative estimate of drug-likeness (QED) is 0.806. The number of carbonyl (C=O) groups is 1. The number of nitrogens with zero attached hydrogens (tertiary/aromatic N) is 4. The predicted molar refractivity (Wildman–Crippen MR) is 105 cm³/mol. The number of anilines is 1. The van der Waals surface area contributed by atoms with E-state index in [9.17, 15) is 4.79 Å². The van der Waals surface area contributed by atoms with Gasteiger partial charge in [0.15, 0.2) is 0 Å². The van der Waals surface area contributed by atoms with Gasteiger partial charge in [-0.05, 0) is 25.7 Å². The van der Waals surface area contributed by atoms with E-state index in [0.717, 1.165) is 50.5 Å². The molecule has 2 aliphatic rings. The van der Waals surface area contributed by atoms with Crippen molar-refractivity contribution in [3.05, 3.63) is 18.2 Å². The summed E-state index contributed by atoms with van der Waals surface area (Å²) in [4.78, 5) is 26.3. The topological polar surface area (TPSA) is 49.3 Å². The Hall–Kier alpha value is -1.49. The summed E-state index contributed by atoms with van der Waals surface area (Å²) in [5.74, 6) is 2.25. The maximum absolute atomic E-state index is 12.2. The van der Waals surface area contributed by atoms with E-state index in [4.69, 9.17) is 0 Å². The molecule has 0 spiro atoms. The smallest absolute Gasteiger partial charge is 0.138 e. The van der Waals surface area contributed by atoms with Crippen LogP contribution in [0, 0.1) is 11.8 Å². The lowest BCUT2D eigenvalue weighted by molar-refractivity contribution is -0.127. The van der Waals surface area contributed by atoms with Crippen LogP contribution in [0.5, 0.6) is 0 Å².